The van der Waals surface area contributed by atoms with Gasteiger partial charge >= 0.3 is 0 Å². The van der Waals surface area contributed by atoms with Gasteiger partial charge in [0.2, 0.25) is 0 Å². The number of amides is 1. The molecule has 1 aliphatic rings. The van der Waals surface area contributed by atoms with Gasteiger partial charge in [0.05, 0.1) is 13.2 Å². The topological polar surface area (TPSA) is 62.6 Å². The molecule has 2 aromatic rings. The van der Waals surface area contributed by atoms with Gasteiger partial charge in [0.1, 0.15) is 24.0 Å². The highest BCUT2D eigenvalue weighted by Crippen LogP contribution is 2.23. The normalized spacial score (nSPS) is 14.6. The van der Waals surface area contributed by atoms with Gasteiger partial charge in [0.25, 0.3) is 5.91 Å². The first-order valence-corrected chi connectivity index (χ1v) is 8.52. The first kappa shape index (κ1) is 17.7. The zero-order valence-electron chi connectivity index (χ0n) is 14.4. The Hall–Kier alpha value is -3.10. The summed E-state index contributed by atoms with van der Waals surface area (Å²) in [5, 5.41) is 9.45. The maximum absolute atomic E-state index is 12.6. The molecular formula is C21H20N2O3. The summed E-state index contributed by atoms with van der Waals surface area (Å²) in [7, 11) is 0. The number of hydrogen-bond acceptors (Lipinski definition) is 4. The van der Waals surface area contributed by atoms with Gasteiger partial charge in [-0.3, -0.25) is 4.79 Å². The summed E-state index contributed by atoms with van der Waals surface area (Å²) in [6.45, 7) is 2.43. The van der Waals surface area contributed by atoms with Crippen molar-refractivity contribution in [1.82, 2.24) is 4.90 Å². The van der Waals surface area contributed by atoms with Crippen LogP contribution in [0.1, 0.15) is 11.1 Å². The third-order valence-electron chi connectivity index (χ3n) is 4.11. The summed E-state index contributed by atoms with van der Waals surface area (Å²) in [4.78, 5) is 14.2. The highest BCUT2D eigenvalue weighted by Gasteiger charge is 2.21. The minimum atomic E-state index is -0.270. The second-order valence-electron chi connectivity index (χ2n) is 5.89. The minimum absolute atomic E-state index is 0.0997. The van der Waals surface area contributed by atoms with Crippen LogP contribution in [0.4, 0.5) is 0 Å². The second-order valence-corrected chi connectivity index (χ2v) is 5.89. The van der Waals surface area contributed by atoms with E-state index in [0.717, 1.165) is 5.56 Å². The number of benzene rings is 2. The average molecular weight is 348 g/mol. The lowest BCUT2D eigenvalue weighted by molar-refractivity contribution is -0.130. The third kappa shape index (κ3) is 4.50. The van der Waals surface area contributed by atoms with Crippen LogP contribution in [0.5, 0.6) is 5.75 Å². The third-order valence-corrected chi connectivity index (χ3v) is 4.11. The highest BCUT2D eigenvalue weighted by atomic mass is 16.5. The van der Waals surface area contributed by atoms with E-state index < -0.39 is 0 Å². The van der Waals surface area contributed by atoms with E-state index in [-0.39, 0.29) is 11.5 Å². The minimum Gasteiger partial charge on any atom is -0.488 e. The Morgan fingerprint density at radius 1 is 1.12 bits per heavy atom. The van der Waals surface area contributed by atoms with E-state index >= 15 is 0 Å². The van der Waals surface area contributed by atoms with E-state index in [2.05, 4.69) is 0 Å². The Kier molecular flexibility index (Phi) is 6.02. The molecule has 132 valence electrons. The SMILES string of the molecule is N#C/C(=C\c1ccccc1OCc1ccccc1)C(=O)N1CCOCC1. The first-order chi connectivity index (χ1) is 12.8. The first-order valence-electron chi connectivity index (χ1n) is 8.52. The number of morpholine rings is 1. The molecular weight excluding hydrogens is 328 g/mol. The number of carbonyl (C=O) groups is 1. The van der Waals surface area contributed by atoms with Crippen molar-refractivity contribution in [2.75, 3.05) is 26.3 Å². The Morgan fingerprint density at radius 2 is 1.81 bits per heavy atom. The van der Waals surface area contributed by atoms with Crippen molar-refractivity contribution in [1.29, 1.82) is 5.26 Å². The van der Waals surface area contributed by atoms with Gasteiger partial charge in [-0.2, -0.15) is 5.26 Å². The van der Waals surface area contributed by atoms with Crippen LogP contribution in [0.2, 0.25) is 0 Å². The van der Waals surface area contributed by atoms with Crippen molar-refractivity contribution in [2.24, 2.45) is 0 Å². The van der Waals surface area contributed by atoms with Crippen LogP contribution < -0.4 is 4.74 Å². The quantitative estimate of drug-likeness (QED) is 0.615. The predicted molar refractivity (Wildman–Crippen MR) is 98.2 cm³/mol. The molecule has 2 aromatic carbocycles. The Bertz CT molecular complexity index is 819. The highest BCUT2D eigenvalue weighted by molar-refractivity contribution is 6.02. The monoisotopic (exact) mass is 348 g/mol. The molecule has 5 nitrogen and oxygen atoms in total. The van der Waals surface area contributed by atoms with Crippen molar-refractivity contribution in [3.63, 3.8) is 0 Å². The lowest BCUT2D eigenvalue weighted by atomic mass is 10.1. The van der Waals surface area contributed by atoms with Gasteiger partial charge in [0.15, 0.2) is 0 Å². The Balaban J connectivity index is 1.78. The molecule has 0 aromatic heterocycles. The molecule has 0 aliphatic carbocycles. The summed E-state index contributed by atoms with van der Waals surface area (Å²) in [5.74, 6) is 0.368. The number of para-hydroxylation sites is 1. The molecule has 0 saturated carbocycles. The number of ether oxygens (including phenoxy) is 2. The van der Waals surface area contributed by atoms with E-state index in [1.165, 1.54) is 0 Å². The molecule has 5 heteroatoms. The zero-order valence-corrected chi connectivity index (χ0v) is 14.4. The molecule has 0 bridgehead atoms. The molecule has 0 unspecified atom stereocenters. The number of hydrogen-bond donors (Lipinski definition) is 0. The van der Waals surface area contributed by atoms with Crippen molar-refractivity contribution in [2.45, 2.75) is 6.61 Å². The van der Waals surface area contributed by atoms with Crippen LogP contribution >= 0.6 is 0 Å². The molecule has 0 radical (unpaired) electrons. The molecule has 1 heterocycles. The fourth-order valence-corrected chi connectivity index (χ4v) is 2.70. The average Bonchev–Trinajstić information content (AvgIpc) is 2.72. The number of rotatable bonds is 5. The fraction of sp³-hybridized carbons (Fsp3) is 0.238. The van der Waals surface area contributed by atoms with Crippen molar-refractivity contribution in [3.8, 4) is 11.8 Å². The van der Waals surface area contributed by atoms with E-state index in [4.69, 9.17) is 9.47 Å². The summed E-state index contributed by atoms with van der Waals surface area (Å²) < 4.78 is 11.2. The van der Waals surface area contributed by atoms with Crippen molar-refractivity contribution >= 4 is 12.0 Å². The van der Waals surface area contributed by atoms with Crippen molar-refractivity contribution < 1.29 is 14.3 Å². The Labute approximate surface area is 153 Å². The molecule has 0 spiro atoms. The maximum Gasteiger partial charge on any atom is 0.264 e. The number of nitriles is 1. The molecule has 26 heavy (non-hydrogen) atoms. The maximum atomic E-state index is 12.6. The molecule has 1 fully saturated rings. The molecule has 0 atom stereocenters. The number of carbonyl (C=O) groups excluding carboxylic acids is 1. The standard InChI is InChI=1S/C21H20N2O3/c22-15-19(21(24)23-10-12-25-13-11-23)14-18-8-4-5-9-20(18)26-16-17-6-2-1-3-7-17/h1-9,14H,10-13,16H2/b19-14+. The lowest BCUT2D eigenvalue weighted by Gasteiger charge is -2.26. The van der Waals surface area contributed by atoms with E-state index in [1.54, 1.807) is 11.0 Å². The van der Waals surface area contributed by atoms with Crippen molar-refractivity contribution in [3.05, 3.63) is 71.3 Å². The summed E-state index contributed by atoms with van der Waals surface area (Å²) in [6, 6.07) is 19.3. The van der Waals surface area contributed by atoms with E-state index in [9.17, 15) is 10.1 Å². The zero-order chi connectivity index (χ0) is 18.2. The van der Waals surface area contributed by atoms with Crippen LogP contribution in [-0.2, 0) is 16.1 Å². The molecule has 0 N–H and O–H groups in total. The summed E-state index contributed by atoms with van der Waals surface area (Å²) in [6.07, 6.45) is 1.60. The van der Waals surface area contributed by atoms with Gasteiger partial charge in [-0.25, -0.2) is 0 Å². The van der Waals surface area contributed by atoms with Crippen LogP contribution in [0, 0.1) is 11.3 Å². The lowest BCUT2D eigenvalue weighted by Crippen LogP contribution is -2.41. The molecule has 1 amide bonds. The van der Waals surface area contributed by atoms with Gasteiger partial charge in [-0.1, -0.05) is 48.5 Å². The second kappa shape index (κ2) is 8.84. The largest absolute Gasteiger partial charge is 0.488 e. The predicted octanol–water partition coefficient (Wildman–Crippen LogP) is 3.03. The van der Waals surface area contributed by atoms with E-state index in [0.29, 0.717) is 44.2 Å². The van der Waals surface area contributed by atoms with Gasteiger partial charge < -0.3 is 14.4 Å². The Morgan fingerprint density at radius 3 is 2.54 bits per heavy atom. The smallest absolute Gasteiger partial charge is 0.264 e. The van der Waals surface area contributed by atoms with Crippen LogP contribution in [0.25, 0.3) is 6.08 Å². The van der Waals surface area contributed by atoms with Crippen LogP contribution in [0.15, 0.2) is 60.2 Å². The van der Waals surface area contributed by atoms with Gasteiger partial charge in [0, 0.05) is 18.7 Å². The van der Waals surface area contributed by atoms with Gasteiger partial charge in [-0.15, -0.1) is 0 Å². The van der Waals surface area contributed by atoms with Gasteiger partial charge in [-0.05, 0) is 17.7 Å². The summed E-state index contributed by atoms with van der Waals surface area (Å²) >= 11 is 0. The number of nitrogens with zero attached hydrogens (tertiary/aromatic N) is 2. The van der Waals surface area contributed by atoms with Crippen LogP contribution in [-0.4, -0.2) is 37.1 Å². The van der Waals surface area contributed by atoms with E-state index in [1.807, 2.05) is 60.7 Å². The van der Waals surface area contributed by atoms with Crippen LogP contribution in [0.3, 0.4) is 0 Å². The fourth-order valence-electron chi connectivity index (χ4n) is 2.70. The molecule has 1 aliphatic heterocycles. The molecule has 3 rings (SSSR count). The summed E-state index contributed by atoms with van der Waals surface area (Å²) in [5.41, 5.74) is 1.86. The molecule has 1 saturated heterocycles.